The van der Waals surface area contributed by atoms with E-state index in [0.717, 1.165) is 20.9 Å². The molecule has 2 fully saturated rings. The minimum atomic E-state index is -2.26. The van der Waals surface area contributed by atoms with Gasteiger partial charge in [-0.1, -0.05) is 65.7 Å². The summed E-state index contributed by atoms with van der Waals surface area (Å²) in [6.07, 6.45) is 0. The van der Waals surface area contributed by atoms with Crippen LogP contribution in [0.1, 0.15) is 16.7 Å². The van der Waals surface area contributed by atoms with Crippen LogP contribution in [-0.4, -0.2) is 34.4 Å². The number of para-hydroxylation sites is 1. The van der Waals surface area contributed by atoms with E-state index in [2.05, 4.69) is 5.32 Å². The van der Waals surface area contributed by atoms with Gasteiger partial charge in [-0.25, -0.2) is 9.69 Å². The summed E-state index contributed by atoms with van der Waals surface area (Å²) in [7, 11) is 0. The minimum absolute atomic E-state index is 0.226. The smallest absolute Gasteiger partial charge is 0.331 e. The summed E-state index contributed by atoms with van der Waals surface area (Å²) in [5.74, 6) is -3.54. The predicted molar refractivity (Wildman–Crippen MR) is 130 cm³/mol. The van der Waals surface area contributed by atoms with Crippen LogP contribution in [0.3, 0.4) is 0 Å². The fraction of sp³-hybridized carbons (Fsp3) is 0.111. The summed E-state index contributed by atoms with van der Waals surface area (Å²) in [5, 5.41) is 13.8. The van der Waals surface area contributed by atoms with E-state index in [1.165, 1.54) is 0 Å². The first-order valence-electron chi connectivity index (χ1n) is 10.9. The molecule has 1 spiro atoms. The summed E-state index contributed by atoms with van der Waals surface area (Å²) < 4.78 is 0. The Kier molecular flexibility index (Phi) is 5.02. The maximum absolute atomic E-state index is 14.0. The van der Waals surface area contributed by atoms with Crippen molar-refractivity contribution in [2.75, 3.05) is 9.80 Å². The molecule has 0 aliphatic carbocycles. The van der Waals surface area contributed by atoms with Gasteiger partial charge in [0, 0.05) is 11.3 Å². The van der Waals surface area contributed by atoms with Crippen LogP contribution in [0.15, 0.2) is 84.4 Å². The molecule has 2 heterocycles. The number of imide groups is 1. The van der Waals surface area contributed by atoms with Crippen molar-refractivity contribution in [1.29, 1.82) is 0 Å². The molecule has 0 radical (unpaired) electrons. The number of benzene rings is 3. The highest BCUT2D eigenvalue weighted by atomic mass is 16.3. The van der Waals surface area contributed by atoms with E-state index in [9.17, 15) is 24.3 Å². The zero-order valence-corrected chi connectivity index (χ0v) is 19.0. The Morgan fingerprint density at radius 1 is 0.771 bits per heavy atom. The molecule has 8 nitrogen and oxygen atoms in total. The van der Waals surface area contributed by atoms with Crippen LogP contribution in [0.5, 0.6) is 0 Å². The molecule has 2 aliphatic heterocycles. The topological polar surface area (TPSA) is 107 Å². The molecule has 0 aromatic heterocycles. The van der Waals surface area contributed by atoms with Gasteiger partial charge < -0.3 is 10.4 Å². The minimum Gasteiger partial charge on any atom is -0.507 e. The highest BCUT2D eigenvalue weighted by Crippen LogP contribution is 2.43. The second-order valence-electron chi connectivity index (χ2n) is 8.51. The van der Waals surface area contributed by atoms with Gasteiger partial charge in [-0.3, -0.25) is 19.3 Å². The molecule has 174 valence electrons. The Bertz CT molecular complexity index is 1410. The van der Waals surface area contributed by atoms with Crippen molar-refractivity contribution >= 4 is 40.8 Å². The molecule has 0 saturated carbocycles. The Labute approximate surface area is 201 Å². The molecule has 5 rings (SSSR count). The van der Waals surface area contributed by atoms with E-state index in [4.69, 9.17) is 0 Å². The lowest BCUT2D eigenvalue weighted by atomic mass is 9.94. The first-order valence-corrected chi connectivity index (χ1v) is 10.9. The Morgan fingerprint density at radius 3 is 1.94 bits per heavy atom. The number of hydrogen-bond acceptors (Lipinski definition) is 5. The van der Waals surface area contributed by atoms with Gasteiger partial charge in [-0.2, -0.15) is 0 Å². The Morgan fingerprint density at radius 2 is 1.34 bits per heavy atom. The number of urea groups is 1. The monoisotopic (exact) mass is 467 g/mol. The lowest BCUT2D eigenvalue weighted by Gasteiger charge is -2.32. The van der Waals surface area contributed by atoms with Crippen molar-refractivity contribution < 1.29 is 24.3 Å². The summed E-state index contributed by atoms with van der Waals surface area (Å²) in [5.41, 5.74) is -0.226. The number of hydrogen-bond donors (Lipinski definition) is 2. The average molecular weight is 467 g/mol. The van der Waals surface area contributed by atoms with Gasteiger partial charge in [0.1, 0.15) is 11.3 Å². The van der Waals surface area contributed by atoms with Gasteiger partial charge in [0.25, 0.3) is 11.7 Å². The number of carbonyl (C=O) groups is 4. The van der Waals surface area contributed by atoms with Crippen molar-refractivity contribution in [3.63, 3.8) is 0 Å². The molecule has 0 bridgehead atoms. The number of nitrogens with zero attached hydrogens (tertiary/aromatic N) is 2. The van der Waals surface area contributed by atoms with Crippen molar-refractivity contribution in [3.05, 3.63) is 101 Å². The fourth-order valence-corrected chi connectivity index (χ4v) is 4.43. The van der Waals surface area contributed by atoms with Crippen LogP contribution in [-0.2, 0) is 14.4 Å². The summed E-state index contributed by atoms with van der Waals surface area (Å²) in [4.78, 5) is 55.8. The molecule has 1 atom stereocenters. The second-order valence-corrected chi connectivity index (χ2v) is 8.51. The highest BCUT2D eigenvalue weighted by Gasteiger charge is 2.68. The fourth-order valence-electron chi connectivity index (χ4n) is 4.43. The number of aryl methyl sites for hydroxylation is 2. The van der Waals surface area contributed by atoms with E-state index in [0.29, 0.717) is 0 Å². The molecule has 1 unspecified atom stereocenters. The summed E-state index contributed by atoms with van der Waals surface area (Å²) in [6, 6.07) is 20.6. The van der Waals surface area contributed by atoms with Crippen molar-refractivity contribution in [3.8, 4) is 0 Å². The molecule has 2 saturated heterocycles. The lowest BCUT2D eigenvalue weighted by molar-refractivity contribution is -0.132. The van der Waals surface area contributed by atoms with E-state index in [1.54, 1.807) is 78.9 Å². The third kappa shape index (κ3) is 3.22. The highest BCUT2D eigenvalue weighted by molar-refractivity contribution is 6.56. The third-order valence-electron chi connectivity index (χ3n) is 6.19. The summed E-state index contributed by atoms with van der Waals surface area (Å²) in [6.45, 7) is 3.71. The number of anilines is 2. The Balaban J connectivity index is 1.78. The maximum Gasteiger partial charge on any atom is 0.331 e. The predicted octanol–water partition coefficient (Wildman–Crippen LogP) is 3.64. The van der Waals surface area contributed by atoms with Gasteiger partial charge in [0.2, 0.25) is 5.66 Å². The number of Topliss-reactive ketones (excluding diaryl/α,β-unsaturated/α-hetero) is 1. The molecule has 8 heteroatoms. The quantitative estimate of drug-likeness (QED) is 0.265. The standard InChI is InChI=1S/C27H21N3O5/c1-16-8-12-18(13-9-16)22(31)21-23(32)24(33)30(20-14-10-17(2)11-15-20)27(21)25(34)29(26(35)28-27)19-6-4-3-5-7-19/h3-15,31H,1-2H3,(H,28,35)/b22-21-. The van der Waals surface area contributed by atoms with Crippen molar-refractivity contribution in [2.45, 2.75) is 19.5 Å². The molecule has 3 aromatic rings. The van der Waals surface area contributed by atoms with Crippen LogP contribution >= 0.6 is 0 Å². The number of amides is 4. The van der Waals surface area contributed by atoms with Crippen molar-refractivity contribution in [1.82, 2.24) is 5.32 Å². The van der Waals surface area contributed by atoms with Crippen LogP contribution in [0.2, 0.25) is 0 Å². The zero-order valence-electron chi connectivity index (χ0n) is 19.0. The second kappa shape index (κ2) is 7.95. The van der Waals surface area contributed by atoms with Gasteiger partial charge in [0.15, 0.2) is 0 Å². The molecule has 35 heavy (non-hydrogen) atoms. The normalized spacial score (nSPS) is 21.2. The average Bonchev–Trinajstić information content (AvgIpc) is 3.23. The number of carbonyl (C=O) groups excluding carboxylic acids is 4. The summed E-state index contributed by atoms with van der Waals surface area (Å²) >= 11 is 0. The largest absolute Gasteiger partial charge is 0.507 e. The zero-order chi connectivity index (χ0) is 24.9. The molecular weight excluding hydrogens is 446 g/mol. The van der Waals surface area contributed by atoms with Crippen LogP contribution in [0.4, 0.5) is 16.2 Å². The van der Waals surface area contributed by atoms with Crippen LogP contribution in [0.25, 0.3) is 5.76 Å². The number of nitrogens with one attached hydrogen (secondary N) is 1. The molecule has 2 N–H and O–H groups in total. The number of aliphatic hydroxyl groups is 1. The van der Waals surface area contributed by atoms with Gasteiger partial charge >= 0.3 is 11.9 Å². The number of rotatable bonds is 3. The molecular formula is C27H21N3O5. The first kappa shape index (κ1) is 22.1. The SMILES string of the molecule is Cc1ccc(/C(O)=C2\C(=O)C(=O)N(c3ccc(C)cc3)C23NC(=O)N(c2ccccc2)C3=O)cc1. The third-order valence-corrected chi connectivity index (χ3v) is 6.19. The van der Waals surface area contributed by atoms with Crippen molar-refractivity contribution in [2.24, 2.45) is 0 Å². The van der Waals surface area contributed by atoms with Gasteiger partial charge in [0.05, 0.1) is 5.69 Å². The van der Waals surface area contributed by atoms with Gasteiger partial charge in [-0.15, -0.1) is 0 Å². The molecule has 4 amide bonds. The van der Waals surface area contributed by atoms with Crippen LogP contribution in [0, 0.1) is 13.8 Å². The molecule has 3 aromatic carbocycles. The Hall–Kier alpha value is -4.72. The molecule has 2 aliphatic rings. The maximum atomic E-state index is 14.0. The van der Waals surface area contributed by atoms with E-state index < -0.39 is 40.6 Å². The number of ketones is 1. The van der Waals surface area contributed by atoms with Gasteiger partial charge in [-0.05, 0) is 38.1 Å². The van der Waals surface area contributed by atoms with Crippen LogP contribution < -0.4 is 15.1 Å². The lowest BCUT2D eigenvalue weighted by Crippen LogP contribution is -2.59. The van der Waals surface area contributed by atoms with E-state index in [1.807, 2.05) is 13.8 Å². The first-order chi connectivity index (χ1) is 16.8. The van der Waals surface area contributed by atoms with E-state index in [-0.39, 0.29) is 16.9 Å². The number of aliphatic hydroxyl groups excluding tert-OH is 1. The van der Waals surface area contributed by atoms with E-state index >= 15 is 0 Å².